The number of aryl methyl sites for hydroxylation is 1. The van der Waals surface area contributed by atoms with Crippen molar-refractivity contribution in [1.29, 1.82) is 5.26 Å². The Balaban J connectivity index is 1.70. The van der Waals surface area contributed by atoms with Crippen LogP contribution in [-0.4, -0.2) is 15.5 Å². The second-order valence-corrected chi connectivity index (χ2v) is 7.54. The lowest BCUT2D eigenvalue weighted by atomic mass is 10.0. The van der Waals surface area contributed by atoms with Gasteiger partial charge in [-0.05, 0) is 43.2 Å². The maximum Gasteiger partial charge on any atom is 0.251 e. The van der Waals surface area contributed by atoms with E-state index in [0.29, 0.717) is 17.5 Å². The average molecular weight is 421 g/mol. The van der Waals surface area contributed by atoms with Gasteiger partial charge in [-0.1, -0.05) is 60.7 Å². The van der Waals surface area contributed by atoms with Gasteiger partial charge in [-0.2, -0.15) is 5.26 Å². The van der Waals surface area contributed by atoms with E-state index in [0.717, 1.165) is 29.2 Å². The minimum atomic E-state index is -0.294. The van der Waals surface area contributed by atoms with Crippen LogP contribution in [0.3, 0.4) is 0 Å². The van der Waals surface area contributed by atoms with Gasteiger partial charge >= 0.3 is 0 Å². The van der Waals surface area contributed by atoms with Crippen LogP contribution in [-0.2, 0) is 13.0 Å². The summed E-state index contributed by atoms with van der Waals surface area (Å²) in [4.78, 5) is 17.9. The highest BCUT2D eigenvalue weighted by Crippen LogP contribution is 2.25. The molecule has 0 saturated carbocycles. The average Bonchev–Trinajstić information content (AvgIpc) is 3.29. The lowest BCUT2D eigenvalue weighted by Crippen LogP contribution is -2.32. The number of hydrogen-bond donors (Lipinski definition) is 1. The number of imidazole rings is 1. The Morgan fingerprint density at radius 3 is 2.28 bits per heavy atom. The summed E-state index contributed by atoms with van der Waals surface area (Å²) in [6.45, 7) is 2.79. The summed E-state index contributed by atoms with van der Waals surface area (Å²) >= 11 is 0. The van der Waals surface area contributed by atoms with E-state index >= 15 is 0 Å². The highest BCUT2D eigenvalue weighted by Gasteiger charge is 2.22. The Hall–Kier alpha value is -4.17. The molecule has 4 rings (SSSR count). The predicted octanol–water partition coefficient (Wildman–Crippen LogP) is 5.16. The van der Waals surface area contributed by atoms with E-state index < -0.39 is 0 Å². The molecule has 3 aromatic carbocycles. The van der Waals surface area contributed by atoms with E-state index in [-0.39, 0.29) is 11.9 Å². The van der Waals surface area contributed by atoms with Crippen LogP contribution in [0.1, 0.15) is 40.3 Å². The molecule has 1 aromatic heterocycles. The first-order valence-corrected chi connectivity index (χ1v) is 10.7. The van der Waals surface area contributed by atoms with Crippen molar-refractivity contribution >= 4 is 5.91 Å². The van der Waals surface area contributed by atoms with Crippen molar-refractivity contribution in [2.24, 2.45) is 0 Å². The maximum absolute atomic E-state index is 13.0. The van der Waals surface area contributed by atoms with Crippen molar-refractivity contribution < 1.29 is 4.79 Å². The van der Waals surface area contributed by atoms with Gasteiger partial charge in [-0.25, -0.2) is 4.98 Å². The second kappa shape index (κ2) is 9.76. The Morgan fingerprint density at radius 1 is 1.00 bits per heavy atom. The summed E-state index contributed by atoms with van der Waals surface area (Å²) in [6, 6.07) is 28.6. The first-order chi connectivity index (χ1) is 15.7. The number of hydrogen-bond acceptors (Lipinski definition) is 3. The lowest BCUT2D eigenvalue weighted by Gasteiger charge is -2.20. The second-order valence-electron chi connectivity index (χ2n) is 7.54. The van der Waals surface area contributed by atoms with Gasteiger partial charge in [0.05, 0.1) is 23.4 Å². The molecule has 0 radical (unpaired) electrons. The lowest BCUT2D eigenvalue weighted by molar-refractivity contribution is 0.0934. The van der Waals surface area contributed by atoms with Gasteiger partial charge in [-0.15, -0.1) is 0 Å². The zero-order valence-corrected chi connectivity index (χ0v) is 17.9. The van der Waals surface area contributed by atoms with Crippen LogP contribution in [0.4, 0.5) is 0 Å². The van der Waals surface area contributed by atoms with Crippen molar-refractivity contribution in [2.75, 3.05) is 0 Å². The Morgan fingerprint density at radius 2 is 1.66 bits per heavy atom. The third-order valence-electron chi connectivity index (χ3n) is 5.39. The Bertz CT molecular complexity index is 1220. The molecule has 0 fully saturated rings. The van der Waals surface area contributed by atoms with E-state index in [9.17, 15) is 4.79 Å². The van der Waals surface area contributed by atoms with Crippen LogP contribution in [0.5, 0.6) is 0 Å². The Labute approximate surface area is 188 Å². The molecule has 1 heterocycles. The van der Waals surface area contributed by atoms with E-state index in [1.165, 1.54) is 0 Å². The van der Waals surface area contributed by atoms with Crippen molar-refractivity contribution in [3.8, 4) is 17.3 Å². The number of amides is 1. The quantitative estimate of drug-likeness (QED) is 0.449. The number of carbonyl (C=O) groups is 1. The molecule has 0 aliphatic rings. The van der Waals surface area contributed by atoms with Gasteiger partial charge < -0.3 is 9.88 Å². The molecule has 0 aliphatic carbocycles. The highest BCUT2D eigenvalue weighted by atomic mass is 16.1. The molecule has 4 aromatic rings. The molecule has 32 heavy (non-hydrogen) atoms. The maximum atomic E-state index is 13.0. The van der Waals surface area contributed by atoms with E-state index in [4.69, 9.17) is 10.2 Å². The standard InChI is InChI=1S/C27H24N4O/c1-2-31-19-25(22-15-13-21(18-28)14-16-22)29-26(31)24(17-20-9-5-3-6-10-20)30-27(32)23-11-7-4-8-12-23/h3-16,19,24H,2,17H2,1H3,(H,30,32). The predicted molar refractivity (Wildman–Crippen MR) is 125 cm³/mol. The first kappa shape index (κ1) is 21.1. The molecule has 0 spiro atoms. The fourth-order valence-electron chi connectivity index (χ4n) is 3.70. The smallest absolute Gasteiger partial charge is 0.251 e. The van der Waals surface area contributed by atoms with E-state index in [2.05, 4.69) is 35.0 Å². The van der Waals surface area contributed by atoms with Crippen molar-refractivity contribution in [3.63, 3.8) is 0 Å². The minimum Gasteiger partial charge on any atom is -0.342 e. The molecule has 1 amide bonds. The molecule has 1 atom stereocenters. The molecule has 158 valence electrons. The number of nitrogens with zero attached hydrogens (tertiary/aromatic N) is 3. The van der Waals surface area contributed by atoms with Crippen molar-refractivity contribution in [1.82, 2.24) is 14.9 Å². The summed E-state index contributed by atoms with van der Waals surface area (Å²) in [7, 11) is 0. The van der Waals surface area contributed by atoms with E-state index in [1.54, 1.807) is 12.1 Å². The van der Waals surface area contributed by atoms with Crippen molar-refractivity contribution in [2.45, 2.75) is 25.9 Å². The monoisotopic (exact) mass is 420 g/mol. The Kier molecular flexibility index (Phi) is 6.43. The number of rotatable bonds is 7. The first-order valence-electron chi connectivity index (χ1n) is 10.7. The fourth-order valence-corrected chi connectivity index (χ4v) is 3.70. The molecular weight excluding hydrogens is 396 g/mol. The van der Waals surface area contributed by atoms with Crippen LogP contribution in [0.15, 0.2) is 91.1 Å². The van der Waals surface area contributed by atoms with Gasteiger partial charge in [0.2, 0.25) is 0 Å². The molecular formula is C27H24N4O. The topological polar surface area (TPSA) is 70.7 Å². The normalized spacial score (nSPS) is 11.5. The molecule has 5 nitrogen and oxygen atoms in total. The summed E-state index contributed by atoms with van der Waals surface area (Å²) < 4.78 is 2.08. The SMILES string of the molecule is CCn1cc(-c2ccc(C#N)cc2)nc1C(Cc1ccccc1)NC(=O)c1ccccc1. The zero-order chi connectivity index (χ0) is 22.3. The molecule has 0 aliphatic heterocycles. The summed E-state index contributed by atoms with van der Waals surface area (Å²) in [5.74, 6) is 0.678. The van der Waals surface area contributed by atoms with E-state index in [1.807, 2.05) is 66.9 Å². The summed E-state index contributed by atoms with van der Waals surface area (Å²) in [5, 5.41) is 12.3. The number of nitriles is 1. The third kappa shape index (κ3) is 4.76. The molecule has 0 saturated heterocycles. The zero-order valence-electron chi connectivity index (χ0n) is 17.9. The summed E-state index contributed by atoms with van der Waals surface area (Å²) in [6.07, 6.45) is 2.63. The third-order valence-corrected chi connectivity index (χ3v) is 5.39. The molecule has 5 heteroatoms. The van der Waals surface area contributed by atoms with Gasteiger partial charge in [0.1, 0.15) is 5.82 Å². The van der Waals surface area contributed by atoms with Gasteiger partial charge in [0.25, 0.3) is 5.91 Å². The van der Waals surface area contributed by atoms with Gasteiger partial charge in [0.15, 0.2) is 0 Å². The largest absolute Gasteiger partial charge is 0.342 e. The molecule has 0 bridgehead atoms. The number of nitrogens with one attached hydrogen (secondary N) is 1. The van der Waals surface area contributed by atoms with Crippen LogP contribution in [0.2, 0.25) is 0 Å². The molecule has 1 unspecified atom stereocenters. The number of carbonyl (C=O) groups excluding carboxylic acids is 1. The molecule has 1 N–H and O–H groups in total. The minimum absolute atomic E-state index is 0.128. The number of aromatic nitrogens is 2. The van der Waals surface area contributed by atoms with Crippen LogP contribution in [0, 0.1) is 11.3 Å². The van der Waals surface area contributed by atoms with Crippen LogP contribution < -0.4 is 5.32 Å². The van der Waals surface area contributed by atoms with Crippen LogP contribution >= 0.6 is 0 Å². The van der Waals surface area contributed by atoms with Crippen LogP contribution in [0.25, 0.3) is 11.3 Å². The van der Waals surface area contributed by atoms with Crippen molar-refractivity contribution in [3.05, 3.63) is 114 Å². The summed E-state index contributed by atoms with van der Waals surface area (Å²) in [5.41, 5.74) is 4.11. The highest BCUT2D eigenvalue weighted by molar-refractivity contribution is 5.94. The fraction of sp³-hybridized carbons (Fsp3) is 0.148. The number of benzene rings is 3. The van der Waals surface area contributed by atoms with Gasteiger partial charge in [0, 0.05) is 23.9 Å². The van der Waals surface area contributed by atoms with Gasteiger partial charge in [-0.3, -0.25) is 4.79 Å².